The number of hydrogen-bond donors (Lipinski definition) is 1. The van der Waals surface area contributed by atoms with Crippen LogP contribution in [0.1, 0.15) is 35.6 Å². The molecule has 1 aromatic heterocycles. The monoisotopic (exact) mass is 270 g/mol. The molecular formula is C17H22N2O. The maximum atomic E-state index is 12.5. The second kappa shape index (κ2) is 5.06. The van der Waals surface area contributed by atoms with E-state index in [4.69, 9.17) is 0 Å². The minimum atomic E-state index is 0.147. The Morgan fingerprint density at radius 1 is 1.05 bits per heavy atom. The average Bonchev–Trinajstić information content (AvgIpc) is 2.41. The Morgan fingerprint density at radius 3 is 2.45 bits per heavy atom. The topological polar surface area (TPSA) is 34.0 Å². The van der Waals surface area contributed by atoms with Crippen molar-refractivity contribution in [2.45, 2.75) is 39.7 Å². The molecule has 1 aliphatic heterocycles. The van der Waals surface area contributed by atoms with Gasteiger partial charge >= 0.3 is 0 Å². The van der Waals surface area contributed by atoms with Crippen LogP contribution in [0.3, 0.4) is 0 Å². The third-order valence-corrected chi connectivity index (χ3v) is 4.36. The molecule has 3 nitrogen and oxygen atoms in total. The smallest absolute Gasteiger partial charge is 0.251 e. The van der Waals surface area contributed by atoms with E-state index in [1.54, 1.807) is 6.07 Å². The van der Waals surface area contributed by atoms with Crippen molar-refractivity contribution in [2.75, 3.05) is 13.1 Å². The van der Waals surface area contributed by atoms with Crippen LogP contribution < -0.4 is 10.9 Å². The van der Waals surface area contributed by atoms with E-state index >= 15 is 0 Å². The Hall–Kier alpha value is -1.61. The number of aromatic nitrogens is 1. The number of nitrogens with zero attached hydrogens (tertiary/aromatic N) is 1. The molecule has 2 aromatic rings. The Balaban J connectivity index is 2.32. The van der Waals surface area contributed by atoms with E-state index in [0.717, 1.165) is 37.0 Å². The van der Waals surface area contributed by atoms with Gasteiger partial charge in [0.1, 0.15) is 0 Å². The van der Waals surface area contributed by atoms with Crippen molar-refractivity contribution in [2.24, 2.45) is 0 Å². The summed E-state index contributed by atoms with van der Waals surface area (Å²) in [6.45, 7) is 8.27. The molecule has 0 amide bonds. The number of piperidine rings is 1. The summed E-state index contributed by atoms with van der Waals surface area (Å²) < 4.78 is 2.04. The standard InChI is InChI=1S/C17H22N2O/c1-11-8-13(3)17-15(9-11)12(2)10-16(20)19(17)14-4-6-18-7-5-14/h8-10,14,18H,4-7H2,1-3H3. The van der Waals surface area contributed by atoms with Gasteiger partial charge in [0, 0.05) is 17.5 Å². The molecule has 1 saturated heterocycles. The Labute approximate surface area is 119 Å². The van der Waals surface area contributed by atoms with Gasteiger partial charge in [0.15, 0.2) is 0 Å². The Kier molecular flexibility index (Phi) is 3.38. The van der Waals surface area contributed by atoms with Crippen LogP contribution in [0.2, 0.25) is 0 Å². The van der Waals surface area contributed by atoms with Crippen LogP contribution in [-0.4, -0.2) is 17.7 Å². The molecule has 1 N–H and O–H groups in total. The number of pyridine rings is 1. The summed E-state index contributed by atoms with van der Waals surface area (Å²) in [5, 5.41) is 4.59. The van der Waals surface area contributed by atoms with Crippen molar-refractivity contribution in [1.29, 1.82) is 0 Å². The van der Waals surface area contributed by atoms with Gasteiger partial charge in [0.05, 0.1) is 5.52 Å². The lowest BCUT2D eigenvalue weighted by molar-refractivity contribution is 0.369. The lowest BCUT2D eigenvalue weighted by Crippen LogP contribution is -2.34. The van der Waals surface area contributed by atoms with Crippen molar-refractivity contribution in [3.8, 4) is 0 Å². The molecule has 3 heteroatoms. The van der Waals surface area contributed by atoms with Gasteiger partial charge in [-0.25, -0.2) is 0 Å². The molecule has 1 aliphatic rings. The predicted molar refractivity (Wildman–Crippen MR) is 83.6 cm³/mol. The maximum absolute atomic E-state index is 12.5. The number of rotatable bonds is 1. The van der Waals surface area contributed by atoms with E-state index in [-0.39, 0.29) is 5.56 Å². The molecule has 0 unspecified atom stereocenters. The zero-order chi connectivity index (χ0) is 14.3. The lowest BCUT2D eigenvalue weighted by Gasteiger charge is -2.27. The summed E-state index contributed by atoms with van der Waals surface area (Å²) in [7, 11) is 0. The Morgan fingerprint density at radius 2 is 1.75 bits per heavy atom. The second-order valence-corrected chi connectivity index (χ2v) is 5.99. The van der Waals surface area contributed by atoms with Crippen LogP contribution >= 0.6 is 0 Å². The number of aryl methyl sites for hydroxylation is 3. The van der Waals surface area contributed by atoms with Gasteiger partial charge in [0.25, 0.3) is 5.56 Å². The van der Waals surface area contributed by atoms with Crippen molar-refractivity contribution < 1.29 is 0 Å². The zero-order valence-corrected chi connectivity index (χ0v) is 12.5. The highest BCUT2D eigenvalue weighted by Gasteiger charge is 2.19. The first-order valence-corrected chi connectivity index (χ1v) is 7.42. The zero-order valence-electron chi connectivity index (χ0n) is 12.5. The summed E-state index contributed by atoms with van der Waals surface area (Å²) in [4.78, 5) is 12.5. The van der Waals surface area contributed by atoms with E-state index in [1.165, 1.54) is 16.5 Å². The minimum Gasteiger partial charge on any atom is -0.317 e. The number of benzene rings is 1. The van der Waals surface area contributed by atoms with Crippen molar-refractivity contribution >= 4 is 10.9 Å². The first kappa shape index (κ1) is 13.4. The highest BCUT2D eigenvalue weighted by atomic mass is 16.1. The summed E-state index contributed by atoms with van der Waals surface area (Å²) in [6.07, 6.45) is 2.07. The summed E-state index contributed by atoms with van der Waals surface area (Å²) in [5.74, 6) is 0. The van der Waals surface area contributed by atoms with E-state index in [9.17, 15) is 4.79 Å². The second-order valence-electron chi connectivity index (χ2n) is 5.99. The van der Waals surface area contributed by atoms with E-state index in [2.05, 4.69) is 31.3 Å². The van der Waals surface area contributed by atoms with Gasteiger partial charge in [-0.05, 0) is 63.9 Å². The molecule has 1 aromatic carbocycles. The van der Waals surface area contributed by atoms with E-state index in [1.807, 2.05) is 11.5 Å². The fourth-order valence-corrected chi connectivity index (χ4v) is 3.45. The highest BCUT2D eigenvalue weighted by molar-refractivity contribution is 5.86. The third kappa shape index (κ3) is 2.16. The van der Waals surface area contributed by atoms with E-state index in [0.29, 0.717) is 6.04 Å². The molecule has 0 radical (unpaired) electrons. The molecule has 0 atom stereocenters. The normalized spacial score (nSPS) is 16.8. The molecule has 2 heterocycles. The van der Waals surface area contributed by atoms with Crippen LogP contribution in [-0.2, 0) is 0 Å². The molecule has 0 bridgehead atoms. The molecule has 1 fully saturated rings. The first-order chi connectivity index (χ1) is 9.58. The minimum absolute atomic E-state index is 0.147. The van der Waals surface area contributed by atoms with E-state index < -0.39 is 0 Å². The van der Waals surface area contributed by atoms with Crippen molar-refractivity contribution in [1.82, 2.24) is 9.88 Å². The molecule has 3 rings (SSSR count). The Bertz CT molecular complexity index is 709. The molecule has 0 spiro atoms. The van der Waals surface area contributed by atoms with Crippen molar-refractivity contribution in [3.05, 3.63) is 45.2 Å². The molecule has 20 heavy (non-hydrogen) atoms. The predicted octanol–water partition coefficient (Wildman–Crippen LogP) is 2.85. The highest BCUT2D eigenvalue weighted by Crippen LogP contribution is 2.27. The molecule has 106 valence electrons. The molecule has 0 aliphatic carbocycles. The number of fused-ring (bicyclic) bond motifs is 1. The van der Waals surface area contributed by atoms with Gasteiger partial charge in [-0.1, -0.05) is 11.6 Å². The van der Waals surface area contributed by atoms with Gasteiger partial charge in [-0.15, -0.1) is 0 Å². The summed E-state index contributed by atoms with van der Waals surface area (Å²) >= 11 is 0. The maximum Gasteiger partial charge on any atom is 0.251 e. The molecule has 0 saturated carbocycles. The lowest BCUT2D eigenvalue weighted by atomic mass is 10.00. The largest absolute Gasteiger partial charge is 0.317 e. The van der Waals surface area contributed by atoms with Crippen LogP contribution in [0, 0.1) is 20.8 Å². The van der Waals surface area contributed by atoms with Crippen LogP contribution in [0.25, 0.3) is 10.9 Å². The summed E-state index contributed by atoms with van der Waals surface area (Å²) in [5.41, 5.74) is 4.83. The van der Waals surface area contributed by atoms with Gasteiger partial charge in [-0.2, -0.15) is 0 Å². The van der Waals surface area contributed by atoms with Gasteiger partial charge in [-0.3, -0.25) is 4.79 Å². The van der Waals surface area contributed by atoms with Crippen molar-refractivity contribution in [3.63, 3.8) is 0 Å². The summed E-state index contributed by atoms with van der Waals surface area (Å²) in [6, 6.07) is 6.50. The van der Waals surface area contributed by atoms with Crippen LogP contribution in [0.15, 0.2) is 23.0 Å². The van der Waals surface area contributed by atoms with Crippen LogP contribution in [0.5, 0.6) is 0 Å². The van der Waals surface area contributed by atoms with Gasteiger partial charge < -0.3 is 9.88 Å². The average molecular weight is 270 g/mol. The fraction of sp³-hybridized carbons (Fsp3) is 0.471. The molecular weight excluding hydrogens is 248 g/mol. The fourth-order valence-electron chi connectivity index (χ4n) is 3.45. The van der Waals surface area contributed by atoms with Crippen LogP contribution in [0.4, 0.5) is 0 Å². The first-order valence-electron chi connectivity index (χ1n) is 7.42. The third-order valence-electron chi connectivity index (χ3n) is 4.36. The van der Waals surface area contributed by atoms with Gasteiger partial charge in [0.2, 0.25) is 0 Å². The number of nitrogens with one attached hydrogen (secondary N) is 1. The number of hydrogen-bond acceptors (Lipinski definition) is 2. The SMILES string of the molecule is Cc1cc(C)c2c(c1)c(C)cc(=O)n2C1CCNCC1. The quantitative estimate of drug-likeness (QED) is 0.864.